The van der Waals surface area contributed by atoms with Crippen LogP contribution in [0.4, 0.5) is 0 Å². The summed E-state index contributed by atoms with van der Waals surface area (Å²) in [5, 5.41) is 0. The van der Waals surface area contributed by atoms with Gasteiger partial charge < -0.3 is 4.74 Å². The molecule has 0 bridgehead atoms. The topological polar surface area (TPSA) is 72.5 Å². The van der Waals surface area contributed by atoms with Crippen molar-refractivity contribution < 1.29 is 17.9 Å². The van der Waals surface area contributed by atoms with Gasteiger partial charge in [-0.05, 0) is 42.8 Å². The van der Waals surface area contributed by atoms with Gasteiger partial charge in [-0.3, -0.25) is 4.79 Å². The van der Waals surface area contributed by atoms with E-state index in [1.165, 1.54) is 12.1 Å². The van der Waals surface area contributed by atoms with Crippen LogP contribution in [0, 0.1) is 5.41 Å². The van der Waals surface area contributed by atoms with E-state index in [1.807, 2.05) is 25.1 Å². The summed E-state index contributed by atoms with van der Waals surface area (Å²) in [5.41, 5.74) is -0.738. The zero-order valence-electron chi connectivity index (χ0n) is 14.7. The number of amides is 1. The number of rotatable bonds is 7. The Hall–Kier alpha value is -2.34. The summed E-state index contributed by atoms with van der Waals surface area (Å²) in [5.74, 6) is 0.675. The highest BCUT2D eigenvalue weighted by Crippen LogP contribution is 2.25. The largest absolute Gasteiger partial charge is 0.457 e. The molecule has 0 aliphatic heterocycles. The number of nitrogens with one attached hydrogen (secondary N) is 1. The van der Waals surface area contributed by atoms with Gasteiger partial charge in [0.15, 0.2) is 0 Å². The first kappa shape index (κ1) is 19.0. The summed E-state index contributed by atoms with van der Waals surface area (Å²) in [6.45, 7) is 5.42. The lowest BCUT2D eigenvalue weighted by molar-refractivity contribution is -0.127. The molecule has 0 unspecified atom stereocenters. The van der Waals surface area contributed by atoms with Crippen molar-refractivity contribution >= 4 is 15.9 Å². The lowest BCUT2D eigenvalue weighted by Gasteiger charge is -2.22. The first-order valence-electron chi connectivity index (χ1n) is 8.15. The Kier molecular flexibility index (Phi) is 5.85. The molecule has 0 heterocycles. The van der Waals surface area contributed by atoms with Gasteiger partial charge in [0.25, 0.3) is 10.0 Å². The molecule has 2 aromatic rings. The van der Waals surface area contributed by atoms with Crippen LogP contribution in [-0.2, 0) is 14.8 Å². The minimum Gasteiger partial charge on any atom is -0.457 e. The fourth-order valence-corrected chi connectivity index (χ4v) is 3.50. The van der Waals surface area contributed by atoms with Gasteiger partial charge in [-0.1, -0.05) is 45.4 Å². The van der Waals surface area contributed by atoms with Crippen LogP contribution in [0.25, 0.3) is 0 Å². The Morgan fingerprint density at radius 3 is 2.12 bits per heavy atom. The molecule has 0 saturated carbocycles. The molecule has 6 heteroatoms. The standard InChI is InChI=1S/C19H23NO4S/c1-4-14-19(2,3)18(21)20-25(22,23)17-12-10-16(11-13-17)24-15-8-6-5-7-9-15/h5-13H,4,14H2,1-3H3,(H,20,21). The van der Waals surface area contributed by atoms with Crippen molar-refractivity contribution in [2.24, 2.45) is 5.41 Å². The third-order valence-electron chi connectivity index (χ3n) is 3.83. The second kappa shape index (κ2) is 7.70. The number of sulfonamides is 1. The molecule has 1 amide bonds. The Bertz CT molecular complexity index is 812. The smallest absolute Gasteiger partial charge is 0.264 e. The van der Waals surface area contributed by atoms with Gasteiger partial charge in [0, 0.05) is 5.41 Å². The van der Waals surface area contributed by atoms with Gasteiger partial charge in [-0.2, -0.15) is 0 Å². The van der Waals surface area contributed by atoms with Crippen molar-refractivity contribution in [3.8, 4) is 11.5 Å². The fourth-order valence-electron chi connectivity index (χ4n) is 2.37. The summed E-state index contributed by atoms with van der Waals surface area (Å²) >= 11 is 0. The molecular formula is C19H23NO4S. The molecule has 25 heavy (non-hydrogen) atoms. The Labute approximate surface area is 149 Å². The molecular weight excluding hydrogens is 338 g/mol. The minimum absolute atomic E-state index is 0.0218. The Morgan fingerprint density at radius 1 is 1.00 bits per heavy atom. The molecule has 0 aliphatic rings. The normalized spacial score (nSPS) is 11.8. The first-order chi connectivity index (χ1) is 11.7. The summed E-state index contributed by atoms with van der Waals surface area (Å²) < 4.78 is 32.6. The van der Waals surface area contributed by atoms with Crippen LogP contribution in [0.3, 0.4) is 0 Å². The highest BCUT2D eigenvalue weighted by molar-refractivity contribution is 7.90. The Balaban J connectivity index is 2.11. The van der Waals surface area contributed by atoms with E-state index in [0.29, 0.717) is 17.9 Å². The second-order valence-electron chi connectivity index (χ2n) is 6.46. The summed E-state index contributed by atoms with van der Waals surface area (Å²) in [6, 6.07) is 15.1. The second-order valence-corrected chi connectivity index (χ2v) is 8.14. The van der Waals surface area contributed by atoms with E-state index < -0.39 is 21.3 Å². The maximum Gasteiger partial charge on any atom is 0.264 e. The highest BCUT2D eigenvalue weighted by atomic mass is 32.2. The van der Waals surface area contributed by atoms with Crippen molar-refractivity contribution in [1.82, 2.24) is 4.72 Å². The quantitative estimate of drug-likeness (QED) is 0.805. The van der Waals surface area contributed by atoms with Gasteiger partial charge in [0.1, 0.15) is 11.5 Å². The van der Waals surface area contributed by atoms with E-state index in [4.69, 9.17) is 4.74 Å². The van der Waals surface area contributed by atoms with E-state index in [1.54, 1.807) is 38.1 Å². The van der Waals surface area contributed by atoms with Crippen LogP contribution in [0.5, 0.6) is 11.5 Å². The van der Waals surface area contributed by atoms with Crippen molar-refractivity contribution in [1.29, 1.82) is 0 Å². The molecule has 0 saturated heterocycles. The summed E-state index contributed by atoms with van der Waals surface area (Å²) in [7, 11) is -3.91. The van der Waals surface area contributed by atoms with Crippen LogP contribution < -0.4 is 9.46 Å². The molecule has 2 aromatic carbocycles. The molecule has 0 spiro atoms. The van der Waals surface area contributed by atoms with E-state index in [9.17, 15) is 13.2 Å². The molecule has 0 fully saturated rings. The number of carbonyl (C=O) groups is 1. The number of para-hydroxylation sites is 1. The molecule has 5 nitrogen and oxygen atoms in total. The number of ether oxygens (including phenoxy) is 1. The van der Waals surface area contributed by atoms with Gasteiger partial charge in [0.2, 0.25) is 5.91 Å². The van der Waals surface area contributed by atoms with Crippen molar-refractivity contribution in [3.05, 3.63) is 54.6 Å². The van der Waals surface area contributed by atoms with E-state index in [2.05, 4.69) is 4.72 Å². The number of benzene rings is 2. The molecule has 0 radical (unpaired) electrons. The molecule has 0 aliphatic carbocycles. The van der Waals surface area contributed by atoms with Crippen molar-refractivity contribution in [3.63, 3.8) is 0 Å². The van der Waals surface area contributed by atoms with Crippen LogP contribution in [-0.4, -0.2) is 14.3 Å². The first-order valence-corrected chi connectivity index (χ1v) is 9.63. The van der Waals surface area contributed by atoms with Crippen LogP contribution in [0.2, 0.25) is 0 Å². The predicted octanol–water partition coefficient (Wildman–Crippen LogP) is 4.11. The SMILES string of the molecule is CCCC(C)(C)C(=O)NS(=O)(=O)c1ccc(Oc2ccccc2)cc1. The molecule has 0 aromatic heterocycles. The number of hydrogen-bond donors (Lipinski definition) is 1. The molecule has 134 valence electrons. The third-order valence-corrected chi connectivity index (χ3v) is 5.18. The minimum atomic E-state index is -3.91. The lowest BCUT2D eigenvalue weighted by atomic mass is 9.87. The van der Waals surface area contributed by atoms with E-state index in [-0.39, 0.29) is 4.90 Å². The third kappa shape index (κ3) is 5.06. The van der Waals surface area contributed by atoms with Crippen LogP contribution in [0.15, 0.2) is 59.5 Å². The monoisotopic (exact) mass is 361 g/mol. The zero-order chi connectivity index (χ0) is 18.5. The molecule has 0 atom stereocenters. The fraction of sp³-hybridized carbons (Fsp3) is 0.316. The Morgan fingerprint density at radius 2 is 1.56 bits per heavy atom. The average Bonchev–Trinajstić information content (AvgIpc) is 2.56. The number of hydrogen-bond acceptors (Lipinski definition) is 4. The van der Waals surface area contributed by atoms with E-state index >= 15 is 0 Å². The van der Waals surface area contributed by atoms with Crippen LogP contribution in [0.1, 0.15) is 33.6 Å². The molecule has 1 N–H and O–H groups in total. The van der Waals surface area contributed by atoms with E-state index in [0.717, 1.165) is 6.42 Å². The maximum atomic E-state index is 12.4. The maximum absolute atomic E-state index is 12.4. The van der Waals surface area contributed by atoms with Crippen LogP contribution >= 0.6 is 0 Å². The van der Waals surface area contributed by atoms with Gasteiger partial charge in [-0.25, -0.2) is 13.1 Å². The zero-order valence-corrected chi connectivity index (χ0v) is 15.5. The van der Waals surface area contributed by atoms with Gasteiger partial charge >= 0.3 is 0 Å². The predicted molar refractivity (Wildman–Crippen MR) is 97.0 cm³/mol. The average molecular weight is 361 g/mol. The number of carbonyl (C=O) groups excluding carboxylic acids is 1. The van der Waals surface area contributed by atoms with Gasteiger partial charge in [-0.15, -0.1) is 0 Å². The van der Waals surface area contributed by atoms with Crippen molar-refractivity contribution in [2.45, 2.75) is 38.5 Å². The van der Waals surface area contributed by atoms with Gasteiger partial charge in [0.05, 0.1) is 4.90 Å². The van der Waals surface area contributed by atoms with Crippen molar-refractivity contribution in [2.75, 3.05) is 0 Å². The molecule has 2 rings (SSSR count). The summed E-state index contributed by atoms with van der Waals surface area (Å²) in [4.78, 5) is 12.3. The highest BCUT2D eigenvalue weighted by Gasteiger charge is 2.30. The lowest BCUT2D eigenvalue weighted by Crippen LogP contribution is -2.40. The summed E-state index contributed by atoms with van der Waals surface area (Å²) in [6.07, 6.45) is 1.41.